The predicted octanol–water partition coefficient (Wildman–Crippen LogP) is 4.54. The monoisotopic (exact) mass is 423 g/mol. The first kappa shape index (κ1) is 19.2. The van der Waals surface area contributed by atoms with Crippen molar-refractivity contribution in [3.63, 3.8) is 0 Å². The normalized spacial score (nSPS) is 15.6. The first-order chi connectivity index (χ1) is 14.0. The largest absolute Gasteiger partial charge is 0.322 e. The summed E-state index contributed by atoms with van der Waals surface area (Å²) in [4.78, 5) is 30.1. The quantitative estimate of drug-likeness (QED) is 0.648. The minimum Gasteiger partial charge on any atom is -0.322 e. The van der Waals surface area contributed by atoms with Crippen LogP contribution in [0.2, 0.25) is 10.0 Å². The molecule has 0 aromatic heterocycles. The van der Waals surface area contributed by atoms with Gasteiger partial charge >= 0.3 is 0 Å². The van der Waals surface area contributed by atoms with Gasteiger partial charge in [0.25, 0.3) is 11.8 Å². The standard InChI is InChI=1S/C22H15Cl2N3O2/c23-15-10-14(11-16(24)12-15)21(28)27-20-22(29)25-18-9-5-4-8-17(18)19(26-20)13-6-2-1-3-7-13/h1-12,20H,(H,25,29)(H,27,28)/t20-/m1/s1. The Morgan fingerprint density at radius 3 is 2.31 bits per heavy atom. The van der Waals surface area contributed by atoms with Crippen molar-refractivity contribution in [3.8, 4) is 0 Å². The van der Waals surface area contributed by atoms with Crippen LogP contribution in [0.3, 0.4) is 0 Å². The van der Waals surface area contributed by atoms with E-state index < -0.39 is 18.0 Å². The molecule has 0 aliphatic carbocycles. The number of rotatable bonds is 3. The smallest absolute Gasteiger partial charge is 0.269 e. The molecule has 5 nitrogen and oxygen atoms in total. The fraction of sp³-hybridized carbons (Fsp3) is 0.0455. The van der Waals surface area contributed by atoms with Crippen LogP contribution < -0.4 is 10.6 Å². The van der Waals surface area contributed by atoms with Crippen LogP contribution in [0.5, 0.6) is 0 Å². The second-order valence-electron chi connectivity index (χ2n) is 6.41. The summed E-state index contributed by atoms with van der Waals surface area (Å²) in [5, 5.41) is 6.14. The Labute approximate surface area is 177 Å². The van der Waals surface area contributed by atoms with Crippen LogP contribution >= 0.6 is 23.2 Å². The topological polar surface area (TPSA) is 70.6 Å². The second kappa shape index (κ2) is 8.07. The molecule has 0 bridgehead atoms. The lowest BCUT2D eigenvalue weighted by atomic mass is 10.0. The molecule has 29 heavy (non-hydrogen) atoms. The number of carbonyl (C=O) groups excluding carboxylic acids is 2. The molecule has 0 fully saturated rings. The molecule has 1 atom stereocenters. The Hall–Kier alpha value is -3.15. The molecule has 3 aromatic carbocycles. The SMILES string of the molecule is O=C(N[C@H]1N=C(c2ccccc2)c2ccccc2NC1=O)c1cc(Cl)cc(Cl)c1. The van der Waals surface area contributed by atoms with Crippen LogP contribution in [-0.2, 0) is 4.79 Å². The van der Waals surface area contributed by atoms with E-state index in [1.165, 1.54) is 18.2 Å². The van der Waals surface area contributed by atoms with E-state index in [4.69, 9.17) is 23.2 Å². The number of halogens is 2. The molecule has 0 unspecified atom stereocenters. The molecule has 0 saturated heterocycles. The third-order valence-corrected chi connectivity index (χ3v) is 4.82. The number of hydrogen-bond acceptors (Lipinski definition) is 3. The number of benzodiazepines with no additional fused rings is 1. The maximum atomic E-state index is 12.8. The average molecular weight is 424 g/mol. The van der Waals surface area contributed by atoms with E-state index in [0.29, 0.717) is 21.4 Å². The van der Waals surface area contributed by atoms with Crippen LogP contribution in [-0.4, -0.2) is 23.7 Å². The maximum Gasteiger partial charge on any atom is 0.269 e. The van der Waals surface area contributed by atoms with E-state index in [9.17, 15) is 9.59 Å². The lowest BCUT2D eigenvalue weighted by Crippen LogP contribution is -2.42. The molecule has 1 heterocycles. The highest BCUT2D eigenvalue weighted by atomic mass is 35.5. The summed E-state index contributed by atoms with van der Waals surface area (Å²) in [6.45, 7) is 0. The molecule has 3 aromatic rings. The molecule has 2 amide bonds. The molecular formula is C22H15Cl2N3O2. The van der Waals surface area contributed by atoms with Crippen molar-refractivity contribution in [2.45, 2.75) is 6.17 Å². The summed E-state index contributed by atoms with van der Waals surface area (Å²) < 4.78 is 0. The Balaban J connectivity index is 1.73. The number of amides is 2. The summed E-state index contributed by atoms with van der Waals surface area (Å²) in [6, 6.07) is 21.4. The number of fused-ring (bicyclic) bond motifs is 1. The summed E-state index contributed by atoms with van der Waals surface area (Å²) in [6.07, 6.45) is -1.12. The van der Waals surface area contributed by atoms with Gasteiger partial charge in [-0.15, -0.1) is 0 Å². The zero-order valence-electron chi connectivity index (χ0n) is 15.0. The van der Waals surface area contributed by atoms with Gasteiger partial charge in [0, 0.05) is 26.7 Å². The molecule has 2 N–H and O–H groups in total. The summed E-state index contributed by atoms with van der Waals surface area (Å²) in [5.74, 6) is -0.943. The fourth-order valence-electron chi connectivity index (χ4n) is 3.07. The zero-order valence-corrected chi connectivity index (χ0v) is 16.5. The van der Waals surface area contributed by atoms with Gasteiger partial charge in [0.05, 0.1) is 11.4 Å². The number of carbonyl (C=O) groups is 2. The van der Waals surface area contributed by atoms with Crippen LogP contribution in [0.25, 0.3) is 0 Å². The molecule has 0 radical (unpaired) electrons. The van der Waals surface area contributed by atoms with E-state index in [1.807, 2.05) is 48.5 Å². The van der Waals surface area contributed by atoms with E-state index in [0.717, 1.165) is 11.1 Å². The van der Waals surface area contributed by atoms with Gasteiger partial charge in [0.1, 0.15) is 0 Å². The van der Waals surface area contributed by atoms with Gasteiger partial charge < -0.3 is 10.6 Å². The maximum absolute atomic E-state index is 12.8. The molecule has 1 aliphatic heterocycles. The number of anilines is 1. The van der Waals surface area contributed by atoms with Crippen molar-refractivity contribution in [3.05, 3.63) is 99.5 Å². The average Bonchev–Trinajstić information content (AvgIpc) is 2.84. The number of nitrogens with zero attached hydrogens (tertiary/aromatic N) is 1. The highest BCUT2D eigenvalue weighted by Gasteiger charge is 2.27. The van der Waals surface area contributed by atoms with Crippen LogP contribution in [0, 0.1) is 0 Å². The van der Waals surface area contributed by atoms with Crippen LogP contribution in [0.1, 0.15) is 21.5 Å². The van der Waals surface area contributed by atoms with Crippen LogP contribution in [0.15, 0.2) is 77.8 Å². The summed E-state index contributed by atoms with van der Waals surface area (Å²) in [7, 11) is 0. The van der Waals surface area contributed by atoms with Gasteiger partial charge in [-0.2, -0.15) is 0 Å². The molecule has 1 aliphatic rings. The first-order valence-corrected chi connectivity index (χ1v) is 9.57. The van der Waals surface area contributed by atoms with Crippen molar-refractivity contribution >= 4 is 46.4 Å². The number of para-hydroxylation sites is 1. The second-order valence-corrected chi connectivity index (χ2v) is 7.29. The summed E-state index contributed by atoms with van der Waals surface area (Å²) in [5.41, 5.74) is 3.08. The minimum atomic E-state index is -1.12. The lowest BCUT2D eigenvalue weighted by Gasteiger charge is -2.13. The Morgan fingerprint density at radius 1 is 0.931 bits per heavy atom. The third kappa shape index (κ3) is 4.16. The molecular weight excluding hydrogens is 409 g/mol. The van der Waals surface area contributed by atoms with E-state index in [1.54, 1.807) is 6.07 Å². The predicted molar refractivity (Wildman–Crippen MR) is 115 cm³/mol. The number of benzene rings is 3. The van der Waals surface area contributed by atoms with E-state index in [-0.39, 0.29) is 5.56 Å². The molecule has 7 heteroatoms. The van der Waals surface area contributed by atoms with Crippen molar-refractivity contribution in [2.75, 3.05) is 5.32 Å². The van der Waals surface area contributed by atoms with Gasteiger partial charge in [0.2, 0.25) is 6.17 Å². The zero-order chi connectivity index (χ0) is 20.4. The Morgan fingerprint density at radius 2 is 1.59 bits per heavy atom. The van der Waals surface area contributed by atoms with Gasteiger partial charge in [-0.25, -0.2) is 4.99 Å². The van der Waals surface area contributed by atoms with Crippen LogP contribution in [0.4, 0.5) is 5.69 Å². The van der Waals surface area contributed by atoms with E-state index >= 15 is 0 Å². The first-order valence-electron chi connectivity index (χ1n) is 8.82. The lowest BCUT2D eigenvalue weighted by molar-refractivity contribution is -0.117. The third-order valence-electron chi connectivity index (χ3n) is 4.39. The number of hydrogen-bond donors (Lipinski definition) is 2. The van der Waals surface area contributed by atoms with E-state index in [2.05, 4.69) is 15.6 Å². The van der Waals surface area contributed by atoms with Crippen molar-refractivity contribution in [1.82, 2.24) is 5.32 Å². The molecule has 0 saturated carbocycles. The minimum absolute atomic E-state index is 0.244. The number of aliphatic imine (C=N–C) groups is 1. The highest BCUT2D eigenvalue weighted by molar-refractivity contribution is 6.35. The highest BCUT2D eigenvalue weighted by Crippen LogP contribution is 2.24. The van der Waals surface area contributed by atoms with Crippen molar-refractivity contribution < 1.29 is 9.59 Å². The van der Waals surface area contributed by atoms with Gasteiger partial charge in [0.15, 0.2) is 0 Å². The Bertz CT molecular complexity index is 1110. The molecule has 4 rings (SSSR count). The molecule has 0 spiro atoms. The van der Waals surface area contributed by atoms with Crippen molar-refractivity contribution in [1.29, 1.82) is 0 Å². The van der Waals surface area contributed by atoms with Gasteiger partial charge in [-0.05, 0) is 24.3 Å². The summed E-state index contributed by atoms with van der Waals surface area (Å²) >= 11 is 12.0. The van der Waals surface area contributed by atoms with Crippen molar-refractivity contribution in [2.24, 2.45) is 4.99 Å². The Kier molecular flexibility index (Phi) is 5.34. The van der Waals surface area contributed by atoms with Gasteiger partial charge in [-0.1, -0.05) is 71.7 Å². The molecule has 144 valence electrons. The number of nitrogens with one attached hydrogen (secondary N) is 2. The fourth-order valence-corrected chi connectivity index (χ4v) is 3.60. The van der Waals surface area contributed by atoms with Gasteiger partial charge in [-0.3, -0.25) is 9.59 Å².